The maximum Gasteiger partial charge on any atom is 0.138 e. The molecule has 0 fully saturated rings. The molecule has 0 aliphatic rings. The van der Waals surface area contributed by atoms with Gasteiger partial charge in [-0.25, -0.2) is 0 Å². The number of halogens is 1. The summed E-state index contributed by atoms with van der Waals surface area (Å²) in [6, 6.07) is 9.52. The first-order valence-corrected chi connectivity index (χ1v) is 6.51. The Bertz CT molecular complexity index is 570. The lowest BCUT2D eigenvalue weighted by molar-refractivity contribution is 0.464. The Labute approximate surface area is 115 Å². The van der Waals surface area contributed by atoms with Gasteiger partial charge in [-0.2, -0.15) is 0 Å². The quantitative estimate of drug-likeness (QED) is 0.907. The molecule has 0 unspecified atom stereocenters. The molecule has 18 heavy (non-hydrogen) atoms. The summed E-state index contributed by atoms with van der Waals surface area (Å²) < 4.78 is 1.06. The van der Waals surface area contributed by atoms with Crippen LogP contribution in [0, 0.1) is 13.8 Å². The van der Waals surface area contributed by atoms with Crippen molar-refractivity contribution in [3.8, 4) is 5.75 Å². The second-order valence-electron chi connectivity index (χ2n) is 4.24. The van der Waals surface area contributed by atoms with Crippen molar-refractivity contribution in [2.45, 2.75) is 20.4 Å². The largest absolute Gasteiger partial charge is 0.506 e. The third-order valence-corrected chi connectivity index (χ3v) is 3.58. The zero-order chi connectivity index (χ0) is 13.1. The fraction of sp³-hybridized carbons (Fsp3) is 0.214. The highest BCUT2D eigenvalue weighted by Gasteiger charge is 2.03. The van der Waals surface area contributed by atoms with E-state index in [1.807, 2.05) is 32.0 Å². The smallest absolute Gasteiger partial charge is 0.138 e. The first kappa shape index (κ1) is 12.9. The van der Waals surface area contributed by atoms with Gasteiger partial charge in [0.1, 0.15) is 11.4 Å². The maximum absolute atomic E-state index is 9.70. The van der Waals surface area contributed by atoms with Gasteiger partial charge < -0.3 is 10.4 Å². The topological polar surface area (TPSA) is 45.1 Å². The molecule has 0 amide bonds. The van der Waals surface area contributed by atoms with Crippen LogP contribution < -0.4 is 5.32 Å². The number of pyridine rings is 1. The zero-order valence-corrected chi connectivity index (χ0v) is 12.0. The van der Waals surface area contributed by atoms with Gasteiger partial charge in [0.05, 0.1) is 6.54 Å². The molecule has 0 aliphatic heterocycles. The first-order chi connectivity index (χ1) is 8.56. The van der Waals surface area contributed by atoms with Crippen LogP contribution in [0.25, 0.3) is 0 Å². The average Bonchev–Trinajstić information content (AvgIpc) is 2.34. The van der Waals surface area contributed by atoms with E-state index >= 15 is 0 Å². The Balaban J connectivity index is 2.11. The van der Waals surface area contributed by atoms with Crippen molar-refractivity contribution < 1.29 is 5.11 Å². The van der Waals surface area contributed by atoms with Gasteiger partial charge in [-0.3, -0.25) is 4.98 Å². The lowest BCUT2D eigenvalue weighted by Gasteiger charge is -2.09. The van der Waals surface area contributed by atoms with Crippen LogP contribution in [0.1, 0.15) is 17.0 Å². The van der Waals surface area contributed by atoms with E-state index < -0.39 is 0 Å². The lowest BCUT2D eigenvalue weighted by atomic mass is 10.2. The second-order valence-corrected chi connectivity index (χ2v) is 5.09. The molecule has 1 aromatic heterocycles. The molecular formula is C14H15BrN2O. The fourth-order valence-electron chi connectivity index (χ4n) is 1.62. The zero-order valence-electron chi connectivity index (χ0n) is 10.4. The number of aromatic hydroxyl groups is 1. The van der Waals surface area contributed by atoms with Gasteiger partial charge in [-0.05, 0) is 43.7 Å². The summed E-state index contributed by atoms with van der Waals surface area (Å²) in [6.45, 7) is 4.45. The molecule has 0 radical (unpaired) electrons. The normalized spacial score (nSPS) is 10.4. The summed E-state index contributed by atoms with van der Waals surface area (Å²) in [7, 11) is 0. The van der Waals surface area contributed by atoms with Crippen molar-refractivity contribution in [3.05, 3.63) is 51.8 Å². The van der Waals surface area contributed by atoms with Gasteiger partial charge in [0, 0.05) is 15.9 Å². The van der Waals surface area contributed by atoms with Gasteiger partial charge in [0.2, 0.25) is 0 Å². The minimum atomic E-state index is 0.222. The van der Waals surface area contributed by atoms with E-state index in [-0.39, 0.29) is 5.75 Å². The third kappa shape index (κ3) is 3.01. The number of hydrogen-bond acceptors (Lipinski definition) is 3. The molecule has 0 aliphatic carbocycles. The number of nitrogens with one attached hydrogen (secondary N) is 1. The van der Waals surface area contributed by atoms with Gasteiger partial charge in [0.25, 0.3) is 0 Å². The number of benzene rings is 1. The summed E-state index contributed by atoms with van der Waals surface area (Å²) in [6.07, 6.45) is 0. The van der Waals surface area contributed by atoms with Crippen LogP contribution in [0.15, 0.2) is 34.8 Å². The van der Waals surface area contributed by atoms with E-state index in [9.17, 15) is 5.11 Å². The second kappa shape index (κ2) is 5.40. The van der Waals surface area contributed by atoms with E-state index in [2.05, 4.69) is 26.2 Å². The predicted octanol–water partition coefficient (Wildman–Crippen LogP) is 3.78. The third-order valence-electron chi connectivity index (χ3n) is 2.72. The van der Waals surface area contributed by atoms with Gasteiger partial charge in [0.15, 0.2) is 0 Å². The predicted molar refractivity (Wildman–Crippen MR) is 76.8 cm³/mol. The standard InChI is InChI=1S/C14H15BrN2O/c1-9-3-5-11(7-12(9)15)16-8-13-14(18)6-4-10(2)17-13/h3-7,16,18H,8H2,1-2H3. The lowest BCUT2D eigenvalue weighted by Crippen LogP contribution is -2.03. The number of hydrogen-bond donors (Lipinski definition) is 2. The highest BCUT2D eigenvalue weighted by Crippen LogP contribution is 2.22. The monoisotopic (exact) mass is 306 g/mol. The van der Waals surface area contributed by atoms with Crippen molar-refractivity contribution in [2.75, 3.05) is 5.32 Å². The number of aryl methyl sites for hydroxylation is 2. The maximum atomic E-state index is 9.70. The van der Waals surface area contributed by atoms with Crippen molar-refractivity contribution in [2.24, 2.45) is 0 Å². The van der Waals surface area contributed by atoms with E-state index in [4.69, 9.17) is 0 Å². The first-order valence-electron chi connectivity index (χ1n) is 5.72. The molecule has 0 bridgehead atoms. The van der Waals surface area contributed by atoms with Gasteiger partial charge in [-0.1, -0.05) is 22.0 Å². The Morgan fingerprint density at radius 3 is 2.72 bits per heavy atom. The Morgan fingerprint density at radius 2 is 2.00 bits per heavy atom. The molecule has 2 N–H and O–H groups in total. The Hall–Kier alpha value is -1.55. The molecule has 3 nitrogen and oxygen atoms in total. The van der Waals surface area contributed by atoms with Crippen LogP contribution in [0.2, 0.25) is 0 Å². The van der Waals surface area contributed by atoms with Crippen LogP contribution in [0.4, 0.5) is 5.69 Å². The van der Waals surface area contributed by atoms with Crippen LogP contribution in [-0.2, 0) is 6.54 Å². The summed E-state index contributed by atoms with van der Waals surface area (Å²) >= 11 is 3.49. The van der Waals surface area contributed by atoms with E-state index in [0.717, 1.165) is 15.9 Å². The molecule has 1 aromatic carbocycles. The van der Waals surface area contributed by atoms with Crippen LogP contribution in [0.3, 0.4) is 0 Å². The Kier molecular flexibility index (Phi) is 3.87. The highest BCUT2D eigenvalue weighted by atomic mass is 79.9. The van der Waals surface area contributed by atoms with Gasteiger partial charge in [-0.15, -0.1) is 0 Å². The molecule has 94 valence electrons. The number of nitrogens with zero attached hydrogens (tertiary/aromatic N) is 1. The van der Waals surface area contributed by atoms with E-state index in [1.54, 1.807) is 12.1 Å². The molecule has 4 heteroatoms. The molecule has 1 heterocycles. The number of rotatable bonds is 3. The number of anilines is 1. The molecular weight excluding hydrogens is 292 g/mol. The highest BCUT2D eigenvalue weighted by molar-refractivity contribution is 9.10. The van der Waals surface area contributed by atoms with Crippen molar-refractivity contribution in [3.63, 3.8) is 0 Å². The van der Waals surface area contributed by atoms with Crippen LogP contribution >= 0.6 is 15.9 Å². The minimum absolute atomic E-state index is 0.222. The molecule has 2 rings (SSSR count). The molecule has 0 saturated heterocycles. The SMILES string of the molecule is Cc1ccc(O)c(CNc2ccc(C)c(Br)c2)n1. The summed E-state index contributed by atoms with van der Waals surface area (Å²) in [5.74, 6) is 0.222. The van der Waals surface area contributed by atoms with E-state index in [1.165, 1.54) is 5.56 Å². The number of aromatic nitrogens is 1. The fourth-order valence-corrected chi connectivity index (χ4v) is 2.00. The summed E-state index contributed by atoms with van der Waals surface area (Å²) in [5.41, 5.74) is 3.74. The van der Waals surface area contributed by atoms with Crippen molar-refractivity contribution in [1.82, 2.24) is 4.98 Å². The van der Waals surface area contributed by atoms with Crippen molar-refractivity contribution >= 4 is 21.6 Å². The van der Waals surface area contributed by atoms with Crippen LogP contribution in [0.5, 0.6) is 5.75 Å². The molecule has 2 aromatic rings. The molecule has 0 saturated carbocycles. The van der Waals surface area contributed by atoms with E-state index in [0.29, 0.717) is 12.2 Å². The summed E-state index contributed by atoms with van der Waals surface area (Å²) in [4.78, 5) is 4.30. The Morgan fingerprint density at radius 1 is 1.22 bits per heavy atom. The molecule has 0 atom stereocenters. The van der Waals surface area contributed by atoms with Crippen molar-refractivity contribution in [1.29, 1.82) is 0 Å². The summed E-state index contributed by atoms with van der Waals surface area (Å²) in [5, 5.41) is 12.9. The minimum Gasteiger partial charge on any atom is -0.506 e. The molecule has 0 spiro atoms. The van der Waals surface area contributed by atoms with Gasteiger partial charge >= 0.3 is 0 Å². The average molecular weight is 307 g/mol. The van der Waals surface area contributed by atoms with Crippen LogP contribution in [-0.4, -0.2) is 10.1 Å².